The third-order valence-electron chi connectivity index (χ3n) is 7.79. The van der Waals surface area contributed by atoms with E-state index in [2.05, 4.69) is 16.0 Å². The van der Waals surface area contributed by atoms with E-state index in [9.17, 15) is 19.2 Å². The zero-order chi connectivity index (χ0) is 34.8. The van der Waals surface area contributed by atoms with Gasteiger partial charge in [0.1, 0.15) is 22.2 Å². The van der Waals surface area contributed by atoms with E-state index in [-0.39, 0.29) is 17.4 Å². The molecule has 3 amide bonds. The van der Waals surface area contributed by atoms with Crippen LogP contribution in [0, 0.1) is 0 Å². The maximum atomic E-state index is 13.7. The average Bonchev–Trinajstić information content (AvgIpc) is 3.29. The molecular formula is C37H37N3O7S2. The molecule has 0 saturated heterocycles. The van der Waals surface area contributed by atoms with Crippen molar-refractivity contribution in [1.29, 1.82) is 0 Å². The van der Waals surface area contributed by atoms with Crippen molar-refractivity contribution >= 4 is 63.6 Å². The standard InChI is InChI=1S/C37H37N3O7S2/c1-45-26-17-18-30(46-2)24(19-26)20-29(39-34(42)23-11-6-4-7-12-23)35(43)38-25-13-10-14-27(21-25)48-22-32(41)40-36-33(37(44)47-3)28-15-8-5-9-16-31(28)49-36/h4,6-7,10-14,17-21H,5,8-9,15-16,22H2,1-3H3,(H,38,43)(H,39,42)(H,40,41)/b29-20+. The second kappa shape index (κ2) is 16.8. The first-order valence-electron chi connectivity index (χ1n) is 15.7. The molecule has 1 heterocycles. The van der Waals surface area contributed by atoms with Crippen molar-refractivity contribution in [2.24, 2.45) is 0 Å². The van der Waals surface area contributed by atoms with Crippen LogP contribution < -0.4 is 25.4 Å². The topological polar surface area (TPSA) is 132 Å². The van der Waals surface area contributed by atoms with Gasteiger partial charge in [0.25, 0.3) is 11.8 Å². The molecule has 0 spiro atoms. The predicted octanol–water partition coefficient (Wildman–Crippen LogP) is 6.96. The van der Waals surface area contributed by atoms with E-state index >= 15 is 0 Å². The summed E-state index contributed by atoms with van der Waals surface area (Å²) in [7, 11) is 4.39. The van der Waals surface area contributed by atoms with Crippen LogP contribution in [0.25, 0.3) is 6.08 Å². The van der Waals surface area contributed by atoms with Crippen LogP contribution in [-0.2, 0) is 27.2 Å². The quantitative estimate of drug-likeness (QED) is 0.0626. The van der Waals surface area contributed by atoms with Gasteiger partial charge in [0.15, 0.2) is 0 Å². The Balaban J connectivity index is 1.30. The van der Waals surface area contributed by atoms with Gasteiger partial charge in [-0.25, -0.2) is 4.79 Å². The lowest BCUT2D eigenvalue weighted by Crippen LogP contribution is -2.30. The van der Waals surface area contributed by atoms with Crippen molar-refractivity contribution < 1.29 is 33.4 Å². The molecule has 1 aromatic heterocycles. The van der Waals surface area contributed by atoms with Crippen LogP contribution in [0.5, 0.6) is 11.5 Å². The van der Waals surface area contributed by atoms with Crippen molar-refractivity contribution in [1.82, 2.24) is 5.32 Å². The molecule has 0 radical (unpaired) electrons. The lowest BCUT2D eigenvalue weighted by molar-refractivity contribution is -0.114. The Morgan fingerprint density at radius 3 is 2.41 bits per heavy atom. The van der Waals surface area contributed by atoms with Gasteiger partial charge in [-0.1, -0.05) is 30.7 Å². The number of hydrogen-bond acceptors (Lipinski definition) is 9. The number of aryl methyl sites for hydroxylation is 1. The van der Waals surface area contributed by atoms with Gasteiger partial charge in [-0.15, -0.1) is 23.1 Å². The van der Waals surface area contributed by atoms with E-state index in [1.165, 1.54) is 50.5 Å². The van der Waals surface area contributed by atoms with E-state index < -0.39 is 17.8 Å². The summed E-state index contributed by atoms with van der Waals surface area (Å²) >= 11 is 2.73. The Hall–Kier alpha value is -5.07. The van der Waals surface area contributed by atoms with Crippen molar-refractivity contribution in [3.05, 3.63) is 106 Å². The molecule has 0 atom stereocenters. The molecule has 0 unspecified atom stereocenters. The molecule has 49 heavy (non-hydrogen) atoms. The monoisotopic (exact) mass is 699 g/mol. The number of rotatable bonds is 12. The van der Waals surface area contributed by atoms with Crippen LogP contribution in [0.2, 0.25) is 0 Å². The minimum atomic E-state index is -0.568. The smallest absolute Gasteiger partial charge is 0.341 e. The minimum absolute atomic E-state index is 0.0198. The molecule has 5 rings (SSSR count). The van der Waals surface area contributed by atoms with Crippen molar-refractivity contribution in [3.63, 3.8) is 0 Å². The second-order valence-corrected chi connectivity index (χ2v) is 13.2. The number of amides is 3. The number of benzene rings is 3. The summed E-state index contributed by atoms with van der Waals surface area (Å²) < 4.78 is 15.9. The Morgan fingerprint density at radius 2 is 1.65 bits per heavy atom. The normalized spacial score (nSPS) is 12.6. The highest BCUT2D eigenvalue weighted by Crippen LogP contribution is 2.38. The molecule has 1 aliphatic carbocycles. The maximum Gasteiger partial charge on any atom is 0.341 e. The SMILES string of the molecule is COC(=O)c1c(NC(=O)CSc2cccc(NC(=O)/C(=C\c3cc(OC)ccc3OC)NC(=O)c3ccccc3)c2)sc2c1CCCCC2. The fourth-order valence-electron chi connectivity index (χ4n) is 5.37. The Labute approximate surface area is 293 Å². The number of anilines is 2. The summed E-state index contributed by atoms with van der Waals surface area (Å²) in [6.07, 6.45) is 6.35. The van der Waals surface area contributed by atoms with Crippen LogP contribution >= 0.6 is 23.1 Å². The number of esters is 1. The van der Waals surface area contributed by atoms with Gasteiger partial charge in [-0.2, -0.15) is 0 Å². The zero-order valence-electron chi connectivity index (χ0n) is 27.4. The molecule has 1 aliphatic rings. The van der Waals surface area contributed by atoms with E-state index in [4.69, 9.17) is 14.2 Å². The number of methoxy groups -OCH3 is 3. The number of nitrogens with one attached hydrogen (secondary N) is 3. The van der Waals surface area contributed by atoms with Gasteiger partial charge in [-0.05, 0) is 85.9 Å². The Bertz CT molecular complexity index is 1870. The zero-order valence-corrected chi connectivity index (χ0v) is 29.1. The molecule has 4 aromatic rings. The first kappa shape index (κ1) is 35.2. The Morgan fingerprint density at radius 1 is 0.857 bits per heavy atom. The van der Waals surface area contributed by atoms with Gasteiger partial charge in [0, 0.05) is 26.6 Å². The number of ether oxygens (including phenoxy) is 3. The molecule has 0 fully saturated rings. The van der Waals surface area contributed by atoms with E-state index in [1.807, 2.05) is 6.07 Å². The fraction of sp³-hybridized carbons (Fsp3) is 0.243. The molecule has 10 nitrogen and oxygen atoms in total. The first-order chi connectivity index (χ1) is 23.8. The summed E-state index contributed by atoms with van der Waals surface area (Å²) in [4.78, 5) is 54.4. The summed E-state index contributed by atoms with van der Waals surface area (Å²) in [6.45, 7) is 0. The molecule has 3 aromatic carbocycles. The second-order valence-electron chi connectivity index (χ2n) is 11.1. The maximum absolute atomic E-state index is 13.7. The lowest BCUT2D eigenvalue weighted by Gasteiger charge is -2.14. The van der Waals surface area contributed by atoms with Crippen molar-refractivity contribution in [2.45, 2.75) is 37.0 Å². The van der Waals surface area contributed by atoms with Crippen LogP contribution in [0.4, 0.5) is 10.7 Å². The summed E-state index contributed by atoms with van der Waals surface area (Å²) in [6, 6.07) is 20.8. The number of carbonyl (C=O) groups is 4. The minimum Gasteiger partial charge on any atom is -0.497 e. The van der Waals surface area contributed by atoms with E-state index in [0.717, 1.165) is 47.4 Å². The molecule has 3 N–H and O–H groups in total. The molecule has 254 valence electrons. The van der Waals surface area contributed by atoms with E-state index in [0.29, 0.717) is 38.9 Å². The third kappa shape index (κ3) is 9.09. The van der Waals surface area contributed by atoms with Gasteiger partial charge in [-0.3, -0.25) is 14.4 Å². The third-order valence-corrected chi connectivity index (χ3v) is 9.99. The van der Waals surface area contributed by atoms with Gasteiger partial charge >= 0.3 is 5.97 Å². The lowest BCUT2D eigenvalue weighted by atomic mass is 10.1. The molecule has 0 saturated carbocycles. The average molecular weight is 700 g/mol. The fourth-order valence-corrected chi connectivity index (χ4v) is 7.42. The highest BCUT2D eigenvalue weighted by molar-refractivity contribution is 8.00. The Kier molecular flexibility index (Phi) is 12.1. The largest absolute Gasteiger partial charge is 0.497 e. The van der Waals surface area contributed by atoms with Crippen molar-refractivity contribution in [3.8, 4) is 11.5 Å². The molecule has 12 heteroatoms. The number of thiophene rings is 1. The highest BCUT2D eigenvalue weighted by Gasteiger charge is 2.26. The van der Waals surface area contributed by atoms with Crippen LogP contribution in [0.1, 0.15) is 56.0 Å². The number of fused-ring (bicyclic) bond motifs is 1. The van der Waals surface area contributed by atoms with Gasteiger partial charge in [0.2, 0.25) is 5.91 Å². The van der Waals surface area contributed by atoms with Gasteiger partial charge < -0.3 is 30.2 Å². The van der Waals surface area contributed by atoms with Crippen LogP contribution in [-0.4, -0.2) is 50.8 Å². The summed E-state index contributed by atoms with van der Waals surface area (Å²) in [5.74, 6) is -0.627. The summed E-state index contributed by atoms with van der Waals surface area (Å²) in [5.41, 5.74) is 2.79. The number of hydrogen-bond donors (Lipinski definition) is 3. The van der Waals surface area contributed by atoms with Gasteiger partial charge in [0.05, 0.1) is 32.6 Å². The predicted molar refractivity (Wildman–Crippen MR) is 193 cm³/mol. The number of carbonyl (C=O) groups excluding carboxylic acids is 4. The molecule has 0 aliphatic heterocycles. The molecule has 0 bridgehead atoms. The van der Waals surface area contributed by atoms with Crippen molar-refractivity contribution in [2.75, 3.05) is 37.7 Å². The van der Waals surface area contributed by atoms with Crippen LogP contribution in [0.15, 0.2) is 83.4 Å². The molecular weight excluding hydrogens is 663 g/mol. The highest BCUT2D eigenvalue weighted by atomic mass is 32.2. The van der Waals surface area contributed by atoms with Crippen LogP contribution in [0.3, 0.4) is 0 Å². The first-order valence-corrected chi connectivity index (χ1v) is 17.5. The number of thioether (sulfide) groups is 1. The van der Waals surface area contributed by atoms with E-state index in [1.54, 1.807) is 66.7 Å². The summed E-state index contributed by atoms with van der Waals surface area (Å²) in [5, 5.41) is 9.04.